The van der Waals surface area contributed by atoms with Gasteiger partial charge in [-0.3, -0.25) is 5.43 Å². The van der Waals surface area contributed by atoms with Gasteiger partial charge in [-0.2, -0.15) is 5.10 Å². The largest absolute Gasteiger partial charge is 0.375 e. The fourth-order valence-electron chi connectivity index (χ4n) is 1.87. The van der Waals surface area contributed by atoms with Gasteiger partial charge in [0.2, 0.25) is 0 Å². The molecular weight excluding hydrogens is 280 g/mol. The molecule has 4 nitrogen and oxygen atoms in total. The van der Waals surface area contributed by atoms with Gasteiger partial charge in [-0.25, -0.2) is 0 Å². The van der Waals surface area contributed by atoms with Crippen molar-refractivity contribution in [3.8, 4) is 0 Å². The second-order valence-corrected chi connectivity index (χ2v) is 5.16. The molecule has 2 rings (SSSR count). The van der Waals surface area contributed by atoms with Crippen LogP contribution in [0.15, 0.2) is 53.6 Å². The van der Waals surface area contributed by atoms with Crippen molar-refractivity contribution >= 4 is 34.9 Å². The zero-order chi connectivity index (χ0) is 15.2. The number of nitrogens with one attached hydrogen (secondary N) is 1. The minimum absolute atomic E-state index is 0.155. The molecule has 0 aliphatic heterocycles. The lowest BCUT2D eigenvalue weighted by molar-refractivity contribution is 1.04. The molecular formula is C16H18N4S. The summed E-state index contributed by atoms with van der Waals surface area (Å²) in [6, 6.07) is 16.5. The van der Waals surface area contributed by atoms with Crippen LogP contribution >= 0.6 is 12.2 Å². The molecule has 0 aliphatic rings. The topological polar surface area (TPSA) is 53.6 Å². The fourth-order valence-corrected chi connectivity index (χ4v) is 1.92. The first-order valence-electron chi connectivity index (χ1n) is 6.55. The Kier molecular flexibility index (Phi) is 4.90. The van der Waals surface area contributed by atoms with E-state index in [1.165, 1.54) is 5.56 Å². The molecule has 0 saturated carbocycles. The van der Waals surface area contributed by atoms with Gasteiger partial charge < -0.3 is 10.6 Å². The zero-order valence-corrected chi connectivity index (χ0v) is 12.9. The highest BCUT2D eigenvalue weighted by atomic mass is 32.1. The molecule has 21 heavy (non-hydrogen) atoms. The van der Waals surface area contributed by atoms with Crippen LogP contribution in [0, 0.1) is 6.92 Å². The third kappa shape index (κ3) is 4.29. The van der Waals surface area contributed by atoms with Crippen LogP contribution in [0.5, 0.6) is 0 Å². The van der Waals surface area contributed by atoms with Crippen molar-refractivity contribution in [2.45, 2.75) is 6.92 Å². The van der Waals surface area contributed by atoms with Gasteiger partial charge in [0.05, 0.1) is 6.21 Å². The number of benzene rings is 2. The van der Waals surface area contributed by atoms with E-state index in [1.807, 2.05) is 31.3 Å². The number of anilines is 2. The Morgan fingerprint density at radius 3 is 2.14 bits per heavy atom. The quantitative estimate of drug-likeness (QED) is 0.518. The van der Waals surface area contributed by atoms with Crippen LogP contribution in [0.25, 0.3) is 0 Å². The van der Waals surface area contributed by atoms with Crippen LogP contribution < -0.4 is 16.1 Å². The highest BCUT2D eigenvalue weighted by molar-refractivity contribution is 7.80. The maximum atomic E-state index is 5.30. The molecule has 0 saturated heterocycles. The first kappa shape index (κ1) is 15.0. The number of rotatable bonds is 4. The van der Waals surface area contributed by atoms with E-state index in [0.717, 1.165) is 16.9 Å². The summed E-state index contributed by atoms with van der Waals surface area (Å²) in [6.45, 7) is 2.08. The van der Waals surface area contributed by atoms with Crippen LogP contribution in [0.3, 0.4) is 0 Å². The number of hydrogen-bond donors (Lipinski definition) is 2. The van der Waals surface area contributed by atoms with E-state index in [4.69, 9.17) is 5.73 Å². The maximum Gasteiger partial charge on any atom is 0.184 e. The normalized spacial score (nSPS) is 10.6. The molecule has 108 valence electrons. The Bertz CT molecular complexity index is 632. The van der Waals surface area contributed by atoms with E-state index in [0.29, 0.717) is 0 Å². The fraction of sp³-hybridized carbons (Fsp3) is 0.125. The van der Waals surface area contributed by atoms with Gasteiger partial charge in [0.25, 0.3) is 0 Å². The van der Waals surface area contributed by atoms with Crippen molar-refractivity contribution in [3.63, 3.8) is 0 Å². The third-order valence-corrected chi connectivity index (χ3v) is 3.18. The van der Waals surface area contributed by atoms with Crippen molar-refractivity contribution < 1.29 is 0 Å². The van der Waals surface area contributed by atoms with Gasteiger partial charge in [-0.1, -0.05) is 29.8 Å². The molecule has 3 N–H and O–H groups in total. The highest BCUT2D eigenvalue weighted by Gasteiger charge is 2.03. The van der Waals surface area contributed by atoms with E-state index in [9.17, 15) is 0 Å². The third-order valence-electron chi connectivity index (χ3n) is 3.09. The van der Waals surface area contributed by atoms with Crippen LogP contribution in [0.4, 0.5) is 11.4 Å². The molecule has 0 atom stereocenters. The van der Waals surface area contributed by atoms with Gasteiger partial charge in [0.1, 0.15) is 0 Å². The monoisotopic (exact) mass is 298 g/mol. The van der Waals surface area contributed by atoms with E-state index >= 15 is 0 Å². The molecule has 0 bridgehead atoms. The first-order chi connectivity index (χ1) is 10.1. The summed E-state index contributed by atoms with van der Waals surface area (Å²) in [5, 5.41) is 4.08. The van der Waals surface area contributed by atoms with Gasteiger partial charge >= 0.3 is 0 Å². The Balaban J connectivity index is 2.09. The standard InChI is InChI=1S/C16H18N4S/c1-12-3-7-14(8-4-12)20(2)15-9-5-13(6-10-15)11-18-19-16(17)21/h3-11H,1-2H3,(H3,17,19,21). The summed E-state index contributed by atoms with van der Waals surface area (Å²) in [5.74, 6) is 0. The molecule has 0 unspecified atom stereocenters. The van der Waals surface area contributed by atoms with Gasteiger partial charge in [0, 0.05) is 18.4 Å². The van der Waals surface area contributed by atoms with Gasteiger partial charge in [-0.05, 0) is 49.0 Å². The molecule has 2 aromatic carbocycles. The Hall–Kier alpha value is -2.40. The first-order valence-corrected chi connectivity index (χ1v) is 6.96. The second-order valence-electron chi connectivity index (χ2n) is 4.72. The zero-order valence-electron chi connectivity index (χ0n) is 12.1. The predicted octanol–water partition coefficient (Wildman–Crippen LogP) is 2.93. The Morgan fingerprint density at radius 2 is 1.62 bits per heavy atom. The lowest BCUT2D eigenvalue weighted by Crippen LogP contribution is -2.23. The number of nitrogens with two attached hydrogens (primary N) is 1. The highest BCUT2D eigenvalue weighted by Crippen LogP contribution is 2.23. The van der Waals surface area contributed by atoms with E-state index < -0.39 is 0 Å². The van der Waals surface area contributed by atoms with Crippen molar-refractivity contribution in [3.05, 3.63) is 59.7 Å². The molecule has 0 radical (unpaired) electrons. The van der Waals surface area contributed by atoms with Crippen molar-refractivity contribution in [1.29, 1.82) is 0 Å². The predicted molar refractivity (Wildman–Crippen MR) is 93.2 cm³/mol. The van der Waals surface area contributed by atoms with Crippen LogP contribution in [0.2, 0.25) is 0 Å². The summed E-state index contributed by atoms with van der Waals surface area (Å²) in [4.78, 5) is 2.13. The van der Waals surface area contributed by atoms with Crippen LogP contribution in [-0.4, -0.2) is 18.4 Å². The lowest BCUT2D eigenvalue weighted by Gasteiger charge is -2.19. The summed E-state index contributed by atoms with van der Waals surface area (Å²) in [6.07, 6.45) is 1.68. The number of aryl methyl sites for hydroxylation is 1. The average Bonchev–Trinajstić information content (AvgIpc) is 2.48. The van der Waals surface area contributed by atoms with Crippen molar-refractivity contribution in [2.75, 3.05) is 11.9 Å². The van der Waals surface area contributed by atoms with E-state index in [2.05, 4.69) is 58.8 Å². The number of thiocarbonyl (C=S) groups is 1. The number of hydrazone groups is 1. The Morgan fingerprint density at radius 1 is 1.10 bits per heavy atom. The summed E-state index contributed by atoms with van der Waals surface area (Å²) in [7, 11) is 2.04. The maximum absolute atomic E-state index is 5.30. The smallest absolute Gasteiger partial charge is 0.184 e. The van der Waals surface area contributed by atoms with Crippen LogP contribution in [-0.2, 0) is 0 Å². The molecule has 5 heteroatoms. The molecule has 0 aromatic heterocycles. The minimum atomic E-state index is 0.155. The molecule has 0 amide bonds. The molecule has 2 aromatic rings. The number of nitrogens with zero attached hydrogens (tertiary/aromatic N) is 2. The second kappa shape index (κ2) is 6.85. The minimum Gasteiger partial charge on any atom is -0.375 e. The van der Waals surface area contributed by atoms with Gasteiger partial charge in [0.15, 0.2) is 5.11 Å². The summed E-state index contributed by atoms with van der Waals surface area (Å²) >= 11 is 4.68. The Labute approximate surface area is 130 Å². The number of hydrogen-bond acceptors (Lipinski definition) is 3. The molecule has 0 fully saturated rings. The van der Waals surface area contributed by atoms with Crippen molar-refractivity contribution in [2.24, 2.45) is 10.8 Å². The summed E-state index contributed by atoms with van der Waals surface area (Å²) < 4.78 is 0. The SMILES string of the molecule is Cc1ccc(N(C)c2ccc(C=NNC(N)=S)cc2)cc1. The molecule has 0 spiro atoms. The molecule has 0 heterocycles. The average molecular weight is 298 g/mol. The van der Waals surface area contributed by atoms with E-state index in [1.54, 1.807) is 6.21 Å². The van der Waals surface area contributed by atoms with Crippen molar-refractivity contribution in [1.82, 2.24) is 5.43 Å². The summed E-state index contributed by atoms with van der Waals surface area (Å²) in [5.41, 5.74) is 12.3. The lowest BCUT2D eigenvalue weighted by atomic mass is 10.2. The molecule has 0 aliphatic carbocycles. The van der Waals surface area contributed by atoms with Crippen LogP contribution in [0.1, 0.15) is 11.1 Å². The van der Waals surface area contributed by atoms with Gasteiger partial charge in [-0.15, -0.1) is 0 Å². The van der Waals surface area contributed by atoms with E-state index in [-0.39, 0.29) is 5.11 Å².